The molecule has 5 nitrogen and oxygen atoms in total. The van der Waals surface area contributed by atoms with Crippen molar-refractivity contribution in [1.82, 2.24) is 4.98 Å². The summed E-state index contributed by atoms with van der Waals surface area (Å²) in [6, 6.07) is 14.6. The summed E-state index contributed by atoms with van der Waals surface area (Å²) < 4.78 is 49.8. The minimum atomic E-state index is -4.44. The van der Waals surface area contributed by atoms with Crippen molar-refractivity contribution < 1.29 is 27.4 Å². The van der Waals surface area contributed by atoms with Crippen LogP contribution in [0.1, 0.15) is 47.6 Å². The zero-order chi connectivity index (χ0) is 24.7. The molecule has 0 spiro atoms. The predicted octanol–water partition coefficient (Wildman–Crippen LogP) is 6.81. The number of pyridine rings is 1. The first-order valence-electron chi connectivity index (χ1n) is 11.0. The van der Waals surface area contributed by atoms with E-state index in [9.17, 15) is 18.0 Å². The van der Waals surface area contributed by atoms with Crippen LogP contribution in [0.15, 0.2) is 60.7 Å². The second-order valence-corrected chi connectivity index (χ2v) is 7.93. The van der Waals surface area contributed by atoms with Gasteiger partial charge >= 0.3 is 6.18 Å². The van der Waals surface area contributed by atoms with Crippen molar-refractivity contribution in [2.24, 2.45) is 0 Å². The predicted molar refractivity (Wildman–Crippen MR) is 124 cm³/mol. The molecule has 34 heavy (non-hydrogen) atoms. The Kier molecular flexibility index (Phi) is 8.28. The highest BCUT2D eigenvalue weighted by Crippen LogP contribution is 2.33. The van der Waals surface area contributed by atoms with E-state index in [1.54, 1.807) is 37.3 Å². The fourth-order valence-electron chi connectivity index (χ4n) is 3.32. The zero-order valence-electron chi connectivity index (χ0n) is 19.3. The van der Waals surface area contributed by atoms with Crippen molar-refractivity contribution in [3.05, 3.63) is 83.2 Å². The van der Waals surface area contributed by atoms with Gasteiger partial charge in [-0.05, 0) is 74.9 Å². The average Bonchev–Trinajstić information content (AvgIpc) is 2.78. The molecular weight excluding hydrogens is 445 g/mol. The van der Waals surface area contributed by atoms with Gasteiger partial charge in [0.2, 0.25) is 0 Å². The van der Waals surface area contributed by atoms with Gasteiger partial charge < -0.3 is 14.8 Å². The summed E-state index contributed by atoms with van der Waals surface area (Å²) >= 11 is 0. The fourth-order valence-corrected chi connectivity index (χ4v) is 3.32. The maximum absolute atomic E-state index is 12.9. The van der Waals surface area contributed by atoms with Gasteiger partial charge in [-0.2, -0.15) is 13.2 Å². The summed E-state index contributed by atoms with van der Waals surface area (Å²) in [4.78, 5) is 17.2. The number of nitrogens with one attached hydrogen (secondary N) is 1. The van der Waals surface area contributed by atoms with E-state index < -0.39 is 11.7 Å². The third kappa shape index (κ3) is 7.05. The number of carbonyl (C=O) groups is 1. The number of alkyl halides is 3. The van der Waals surface area contributed by atoms with Crippen LogP contribution in [-0.4, -0.2) is 23.6 Å². The third-order valence-electron chi connectivity index (χ3n) is 5.00. The Balaban J connectivity index is 1.61. The highest BCUT2D eigenvalue weighted by atomic mass is 19.4. The summed E-state index contributed by atoms with van der Waals surface area (Å²) in [5.41, 5.74) is 1.66. The molecule has 0 aliphatic rings. The standard InChI is InChI=1S/C26H27F3N2O3/c1-4-14-33-17(2)15-21-10-13-24(18(3)30-21)25(32)31-20-8-11-22(12-9-20)34-23-7-5-6-19(16-23)26(27,28)29/h5-13,16-17H,4,14-15H2,1-3H3,(H,31,32). The monoisotopic (exact) mass is 472 g/mol. The molecule has 8 heteroatoms. The molecule has 1 heterocycles. The number of anilines is 1. The minimum absolute atomic E-state index is 0.0446. The van der Waals surface area contributed by atoms with Gasteiger partial charge in [-0.1, -0.05) is 13.0 Å². The number of halogens is 3. The molecule has 1 unspecified atom stereocenters. The number of ether oxygens (including phenoxy) is 2. The number of hydrogen-bond acceptors (Lipinski definition) is 4. The topological polar surface area (TPSA) is 60.5 Å². The van der Waals surface area contributed by atoms with Gasteiger partial charge in [0.1, 0.15) is 11.5 Å². The summed E-state index contributed by atoms with van der Waals surface area (Å²) in [5.74, 6) is 0.111. The largest absolute Gasteiger partial charge is 0.457 e. The van der Waals surface area contributed by atoms with Crippen LogP contribution in [0, 0.1) is 6.92 Å². The molecule has 2 aromatic carbocycles. The molecule has 180 valence electrons. The summed E-state index contributed by atoms with van der Waals surface area (Å²) in [5, 5.41) is 2.80. The second-order valence-electron chi connectivity index (χ2n) is 7.93. The van der Waals surface area contributed by atoms with Crippen molar-refractivity contribution >= 4 is 11.6 Å². The number of amides is 1. The Morgan fingerprint density at radius 2 is 1.79 bits per heavy atom. The minimum Gasteiger partial charge on any atom is -0.457 e. The molecule has 0 radical (unpaired) electrons. The number of aryl methyl sites for hydroxylation is 1. The molecule has 1 amide bonds. The zero-order valence-corrected chi connectivity index (χ0v) is 19.3. The Morgan fingerprint density at radius 1 is 1.06 bits per heavy atom. The van der Waals surface area contributed by atoms with E-state index in [0.717, 1.165) is 24.2 Å². The molecule has 0 aliphatic heterocycles. The van der Waals surface area contributed by atoms with Crippen LogP contribution in [0.25, 0.3) is 0 Å². The molecule has 1 N–H and O–H groups in total. The summed E-state index contributed by atoms with van der Waals surface area (Å²) in [6.07, 6.45) is -2.78. The molecule has 1 aromatic heterocycles. The normalized spacial score (nSPS) is 12.3. The average molecular weight is 473 g/mol. The summed E-state index contributed by atoms with van der Waals surface area (Å²) in [7, 11) is 0. The van der Waals surface area contributed by atoms with Crippen LogP contribution in [0.4, 0.5) is 18.9 Å². The van der Waals surface area contributed by atoms with Crippen LogP contribution in [0.3, 0.4) is 0 Å². The molecule has 0 fully saturated rings. The number of hydrogen-bond donors (Lipinski definition) is 1. The highest BCUT2D eigenvalue weighted by Gasteiger charge is 2.30. The van der Waals surface area contributed by atoms with Gasteiger partial charge in [-0.25, -0.2) is 0 Å². The first-order chi connectivity index (χ1) is 16.2. The smallest absolute Gasteiger partial charge is 0.416 e. The first kappa shape index (κ1) is 25.2. The van der Waals surface area contributed by atoms with E-state index in [1.165, 1.54) is 12.1 Å². The van der Waals surface area contributed by atoms with Crippen molar-refractivity contribution in [3.8, 4) is 11.5 Å². The molecule has 0 saturated heterocycles. The molecule has 3 rings (SSSR count). The first-order valence-corrected chi connectivity index (χ1v) is 11.0. The Bertz CT molecular complexity index is 1120. The lowest BCUT2D eigenvalue weighted by Gasteiger charge is -2.13. The van der Waals surface area contributed by atoms with Crippen LogP contribution in [0.5, 0.6) is 11.5 Å². The quantitative estimate of drug-likeness (QED) is 0.372. The third-order valence-corrected chi connectivity index (χ3v) is 5.00. The molecule has 0 saturated carbocycles. The SMILES string of the molecule is CCCOC(C)Cc1ccc(C(=O)Nc2ccc(Oc3cccc(C(F)(F)F)c3)cc2)c(C)n1. The van der Waals surface area contributed by atoms with Gasteiger partial charge in [0.25, 0.3) is 5.91 Å². The molecule has 3 aromatic rings. The lowest BCUT2D eigenvalue weighted by molar-refractivity contribution is -0.137. The number of nitrogens with zero attached hydrogens (tertiary/aromatic N) is 1. The van der Waals surface area contributed by atoms with Gasteiger partial charge in [0.15, 0.2) is 0 Å². The molecule has 0 aliphatic carbocycles. The van der Waals surface area contributed by atoms with E-state index in [2.05, 4.69) is 17.2 Å². The van der Waals surface area contributed by atoms with Gasteiger partial charge in [0, 0.05) is 24.4 Å². The van der Waals surface area contributed by atoms with E-state index in [0.29, 0.717) is 35.7 Å². The Labute approximate surface area is 196 Å². The van der Waals surface area contributed by atoms with Crippen LogP contribution in [0.2, 0.25) is 0 Å². The Morgan fingerprint density at radius 3 is 2.44 bits per heavy atom. The fraction of sp³-hybridized carbons (Fsp3) is 0.308. The highest BCUT2D eigenvalue weighted by molar-refractivity contribution is 6.05. The van der Waals surface area contributed by atoms with E-state index in [-0.39, 0.29) is 17.8 Å². The van der Waals surface area contributed by atoms with Crippen LogP contribution >= 0.6 is 0 Å². The van der Waals surface area contributed by atoms with Crippen molar-refractivity contribution in [3.63, 3.8) is 0 Å². The van der Waals surface area contributed by atoms with Crippen molar-refractivity contribution in [2.45, 2.75) is 45.9 Å². The lowest BCUT2D eigenvalue weighted by atomic mass is 10.1. The number of benzene rings is 2. The van der Waals surface area contributed by atoms with Crippen LogP contribution < -0.4 is 10.1 Å². The molecule has 1 atom stereocenters. The van der Waals surface area contributed by atoms with Crippen molar-refractivity contribution in [2.75, 3.05) is 11.9 Å². The van der Waals surface area contributed by atoms with Crippen molar-refractivity contribution in [1.29, 1.82) is 0 Å². The number of aromatic nitrogens is 1. The van der Waals surface area contributed by atoms with Crippen LogP contribution in [-0.2, 0) is 17.3 Å². The number of carbonyl (C=O) groups excluding carboxylic acids is 1. The Hall–Kier alpha value is -3.39. The molecular formula is C26H27F3N2O3. The molecule has 0 bridgehead atoms. The van der Waals surface area contributed by atoms with E-state index in [4.69, 9.17) is 9.47 Å². The van der Waals surface area contributed by atoms with Gasteiger partial charge in [0.05, 0.1) is 22.9 Å². The van der Waals surface area contributed by atoms with Gasteiger partial charge in [-0.3, -0.25) is 9.78 Å². The van der Waals surface area contributed by atoms with E-state index >= 15 is 0 Å². The number of rotatable bonds is 9. The van der Waals surface area contributed by atoms with E-state index in [1.807, 2.05) is 13.0 Å². The van der Waals surface area contributed by atoms with Gasteiger partial charge in [-0.15, -0.1) is 0 Å². The summed E-state index contributed by atoms with van der Waals surface area (Å²) in [6.45, 7) is 6.53. The lowest BCUT2D eigenvalue weighted by Crippen LogP contribution is -2.16. The maximum atomic E-state index is 12.9. The maximum Gasteiger partial charge on any atom is 0.416 e. The second kappa shape index (κ2) is 11.2.